The van der Waals surface area contributed by atoms with Crippen molar-refractivity contribution < 1.29 is 0 Å². The molecule has 31 heavy (non-hydrogen) atoms. The Bertz CT molecular complexity index is 790. The molecule has 0 spiro atoms. The molecular weight excluding hydrogens is 378 g/mol. The fraction of sp³-hybridized carbons (Fsp3) is 0.393. The van der Waals surface area contributed by atoms with Gasteiger partial charge in [-0.3, -0.25) is 4.98 Å². The van der Waals surface area contributed by atoms with E-state index in [-0.39, 0.29) is 0 Å². The number of imidazole rings is 1. The van der Waals surface area contributed by atoms with Crippen LogP contribution >= 0.6 is 0 Å². The molecule has 0 atom stereocenters. The van der Waals surface area contributed by atoms with Crippen molar-refractivity contribution in [1.82, 2.24) is 15.0 Å². The van der Waals surface area contributed by atoms with Crippen molar-refractivity contribution >= 4 is 11.0 Å². The number of fused-ring (bicyclic) bond motifs is 1. The number of benzene rings is 1. The molecule has 0 fully saturated rings. The van der Waals surface area contributed by atoms with Gasteiger partial charge in [-0.25, -0.2) is 4.98 Å². The summed E-state index contributed by atoms with van der Waals surface area (Å²) in [5.41, 5.74) is 8.30. The van der Waals surface area contributed by atoms with Crippen LogP contribution in [-0.2, 0) is 6.42 Å². The number of aromatic nitrogens is 3. The fourth-order valence-corrected chi connectivity index (χ4v) is 2.13. The van der Waals surface area contributed by atoms with E-state index in [1.165, 1.54) is 29.7 Å². The van der Waals surface area contributed by atoms with Crippen LogP contribution < -0.4 is 0 Å². The summed E-state index contributed by atoms with van der Waals surface area (Å²) in [4.78, 5) is 11.7. The molecular formula is C28H45N3. The normalized spacial score (nSPS) is 8.13. The van der Waals surface area contributed by atoms with Gasteiger partial charge in [0.1, 0.15) is 5.82 Å². The Hall–Kier alpha value is -2.90. The van der Waals surface area contributed by atoms with Crippen molar-refractivity contribution in [1.29, 1.82) is 0 Å². The summed E-state index contributed by atoms with van der Waals surface area (Å²) in [6.45, 7) is 29.1. The molecule has 3 aromatic rings. The third kappa shape index (κ3) is 16.6. The number of pyridine rings is 1. The van der Waals surface area contributed by atoms with E-state index in [4.69, 9.17) is 0 Å². The van der Waals surface area contributed by atoms with E-state index < -0.39 is 0 Å². The van der Waals surface area contributed by atoms with Crippen molar-refractivity contribution in [2.24, 2.45) is 0 Å². The average molecular weight is 424 g/mol. The van der Waals surface area contributed by atoms with Gasteiger partial charge in [0.25, 0.3) is 0 Å². The summed E-state index contributed by atoms with van der Waals surface area (Å²) >= 11 is 0. The van der Waals surface area contributed by atoms with E-state index >= 15 is 0 Å². The SMILES string of the molecule is C=C.C=C=C.CCC.CCC.CCc1nccc(C)c1C.Cc1nc2ccccc2[nH]1. The first kappa shape index (κ1) is 32.8. The zero-order valence-electron chi connectivity index (χ0n) is 21.3. The van der Waals surface area contributed by atoms with Crippen LogP contribution in [0.4, 0.5) is 0 Å². The van der Waals surface area contributed by atoms with Gasteiger partial charge in [-0.2, -0.15) is 0 Å². The number of hydrogen-bond donors (Lipinski definition) is 1. The van der Waals surface area contributed by atoms with Gasteiger partial charge in [-0.15, -0.1) is 18.9 Å². The highest BCUT2D eigenvalue weighted by Gasteiger charge is 1.97. The van der Waals surface area contributed by atoms with E-state index in [2.05, 4.69) is 102 Å². The molecule has 0 aliphatic rings. The Morgan fingerprint density at radius 3 is 1.77 bits per heavy atom. The maximum atomic E-state index is 4.26. The number of rotatable bonds is 1. The summed E-state index contributed by atoms with van der Waals surface area (Å²) in [6, 6.07) is 10.1. The maximum absolute atomic E-state index is 4.26. The summed E-state index contributed by atoms with van der Waals surface area (Å²) in [6.07, 6.45) is 5.41. The predicted molar refractivity (Wildman–Crippen MR) is 142 cm³/mol. The van der Waals surface area contributed by atoms with Crippen LogP contribution in [0.5, 0.6) is 0 Å². The Morgan fingerprint density at radius 1 is 0.871 bits per heavy atom. The van der Waals surface area contributed by atoms with Gasteiger partial charge in [-0.05, 0) is 56.5 Å². The van der Waals surface area contributed by atoms with E-state index in [9.17, 15) is 0 Å². The van der Waals surface area contributed by atoms with Crippen molar-refractivity contribution in [2.45, 2.75) is 74.7 Å². The van der Waals surface area contributed by atoms with E-state index in [0.717, 1.165) is 23.3 Å². The lowest BCUT2D eigenvalue weighted by Crippen LogP contribution is -1.92. The molecule has 0 radical (unpaired) electrons. The molecule has 0 aliphatic heterocycles. The second kappa shape index (κ2) is 23.4. The maximum Gasteiger partial charge on any atom is 0.104 e. The van der Waals surface area contributed by atoms with Crippen molar-refractivity contribution in [2.75, 3.05) is 0 Å². The minimum atomic E-state index is 0.973. The largest absolute Gasteiger partial charge is 0.342 e. The quantitative estimate of drug-likeness (QED) is 0.314. The molecule has 1 N–H and O–H groups in total. The molecule has 3 heteroatoms. The lowest BCUT2D eigenvalue weighted by atomic mass is 10.1. The third-order valence-electron chi connectivity index (χ3n) is 3.42. The van der Waals surface area contributed by atoms with Gasteiger partial charge in [0, 0.05) is 11.9 Å². The molecule has 0 saturated heterocycles. The topological polar surface area (TPSA) is 41.6 Å². The van der Waals surface area contributed by atoms with Crippen LogP contribution in [0, 0.1) is 20.8 Å². The molecule has 2 heterocycles. The van der Waals surface area contributed by atoms with Crippen LogP contribution in [0.2, 0.25) is 0 Å². The predicted octanol–water partition coefficient (Wildman–Crippen LogP) is 8.72. The van der Waals surface area contributed by atoms with E-state index in [0.29, 0.717) is 0 Å². The third-order valence-corrected chi connectivity index (χ3v) is 3.42. The highest BCUT2D eigenvalue weighted by molar-refractivity contribution is 5.74. The van der Waals surface area contributed by atoms with Crippen LogP contribution in [-0.4, -0.2) is 15.0 Å². The van der Waals surface area contributed by atoms with Crippen LogP contribution in [0.25, 0.3) is 11.0 Å². The van der Waals surface area contributed by atoms with Crippen molar-refractivity contribution in [3.63, 3.8) is 0 Å². The molecule has 0 saturated carbocycles. The second-order valence-corrected chi connectivity index (χ2v) is 6.56. The number of hydrogen-bond acceptors (Lipinski definition) is 2. The van der Waals surface area contributed by atoms with E-state index in [1.807, 2.05) is 37.4 Å². The molecule has 3 nitrogen and oxygen atoms in total. The minimum absolute atomic E-state index is 0.973. The summed E-state index contributed by atoms with van der Waals surface area (Å²) in [5, 5.41) is 0. The Balaban J connectivity index is -0.000000350. The first-order chi connectivity index (χ1) is 14.9. The number of nitrogens with one attached hydrogen (secondary N) is 1. The van der Waals surface area contributed by atoms with Gasteiger partial charge < -0.3 is 4.98 Å². The number of aromatic amines is 1. The Morgan fingerprint density at radius 2 is 1.35 bits per heavy atom. The first-order valence-electron chi connectivity index (χ1n) is 11.0. The van der Waals surface area contributed by atoms with Gasteiger partial charge in [0.2, 0.25) is 0 Å². The lowest BCUT2D eigenvalue weighted by Gasteiger charge is -2.03. The van der Waals surface area contributed by atoms with Crippen molar-refractivity contribution in [3.8, 4) is 0 Å². The molecule has 0 amide bonds. The van der Waals surface area contributed by atoms with Crippen LogP contribution in [0.15, 0.2) is 68.6 Å². The van der Waals surface area contributed by atoms with Gasteiger partial charge in [0.05, 0.1) is 11.0 Å². The smallest absolute Gasteiger partial charge is 0.104 e. The molecule has 172 valence electrons. The highest BCUT2D eigenvalue weighted by Crippen LogP contribution is 2.09. The molecule has 0 unspecified atom stereocenters. The number of nitrogens with zero attached hydrogens (tertiary/aromatic N) is 2. The van der Waals surface area contributed by atoms with Gasteiger partial charge in [0.15, 0.2) is 0 Å². The number of para-hydroxylation sites is 2. The van der Waals surface area contributed by atoms with E-state index in [1.54, 1.807) is 0 Å². The van der Waals surface area contributed by atoms with Crippen LogP contribution in [0.3, 0.4) is 0 Å². The number of H-pyrrole nitrogens is 1. The lowest BCUT2D eigenvalue weighted by molar-refractivity contribution is 0.996. The standard InChI is InChI=1S/C9H13N.C8H8N2.2C3H8.C3H4.C2H4/c1-4-9-8(3)7(2)5-6-10-9;1-6-9-7-4-2-3-5-8(7)10-6;3*1-3-2;1-2/h5-6H,4H2,1-3H3;2-5H,1H3,(H,9,10);2*3H2,1-2H3;1-2H2;1-2H2. The average Bonchev–Trinajstić information content (AvgIpc) is 3.14. The molecule has 0 aliphatic carbocycles. The zero-order valence-corrected chi connectivity index (χ0v) is 21.3. The van der Waals surface area contributed by atoms with Gasteiger partial charge in [-0.1, -0.05) is 72.8 Å². The van der Waals surface area contributed by atoms with Gasteiger partial charge >= 0.3 is 0 Å². The fourth-order valence-electron chi connectivity index (χ4n) is 2.13. The summed E-state index contributed by atoms with van der Waals surface area (Å²) in [7, 11) is 0. The Labute approximate surface area is 192 Å². The second-order valence-electron chi connectivity index (χ2n) is 6.56. The molecule has 3 rings (SSSR count). The number of aryl methyl sites for hydroxylation is 3. The molecule has 2 aromatic heterocycles. The highest BCUT2D eigenvalue weighted by atomic mass is 14.9. The summed E-state index contributed by atoms with van der Waals surface area (Å²) in [5.74, 6) is 0.973. The van der Waals surface area contributed by atoms with Crippen LogP contribution in [0.1, 0.15) is 70.1 Å². The molecule has 1 aromatic carbocycles. The zero-order chi connectivity index (χ0) is 24.7. The van der Waals surface area contributed by atoms with Crippen molar-refractivity contribution in [3.05, 3.63) is 91.2 Å². The summed E-state index contributed by atoms with van der Waals surface area (Å²) < 4.78 is 0. The monoisotopic (exact) mass is 423 g/mol. The first-order valence-corrected chi connectivity index (χ1v) is 11.0. The molecule has 0 bridgehead atoms. The Kier molecular flexibility index (Phi) is 24.7. The minimum Gasteiger partial charge on any atom is -0.342 e.